The summed E-state index contributed by atoms with van der Waals surface area (Å²) in [5.41, 5.74) is 0.797. The number of carboxylic acids is 1. The molecular formula is C14H21NO4. The van der Waals surface area contributed by atoms with Crippen LogP contribution in [0.15, 0.2) is 24.3 Å². The number of hydrogen-bond acceptors (Lipinski definition) is 4. The Balaban J connectivity index is 2.50. The first-order valence-electron chi connectivity index (χ1n) is 6.41. The number of carbonyl (C=O) groups is 1. The molecule has 106 valence electrons. The van der Waals surface area contributed by atoms with Gasteiger partial charge in [0.15, 0.2) is 0 Å². The first-order valence-corrected chi connectivity index (χ1v) is 6.41. The Kier molecular flexibility index (Phi) is 6.15. The fourth-order valence-electron chi connectivity index (χ4n) is 1.50. The van der Waals surface area contributed by atoms with E-state index in [-0.39, 0.29) is 19.1 Å². The highest BCUT2D eigenvalue weighted by Gasteiger charge is 2.09. The topological polar surface area (TPSA) is 78.8 Å². The normalized spacial score (nSPS) is 13.6. The number of anilines is 1. The molecule has 1 aromatic rings. The molecule has 2 atom stereocenters. The molecule has 5 heteroatoms. The second kappa shape index (κ2) is 7.63. The summed E-state index contributed by atoms with van der Waals surface area (Å²) >= 11 is 0. The minimum absolute atomic E-state index is 0.146. The van der Waals surface area contributed by atoms with Crippen molar-refractivity contribution in [1.82, 2.24) is 0 Å². The third-order valence-corrected chi connectivity index (χ3v) is 2.70. The van der Waals surface area contributed by atoms with Gasteiger partial charge in [-0.3, -0.25) is 4.79 Å². The highest BCUT2D eigenvalue weighted by molar-refractivity contribution is 5.67. The van der Waals surface area contributed by atoms with E-state index in [1.165, 1.54) is 0 Å². The van der Waals surface area contributed by atoms with E-state index in [0.717, 1.165) is 17.9 Å². The molecule has 5 nitrogen and oxygen atoms in total. The fourth-order valence-corrected chi connectivity index (χ4v) is 1.50. The van der Waals surface area contributed by atoms with Crippen LogP contribution in [0, 0.1) is 0 Å². The Bertz CT molecular complexity index is 408. The van der Waals surface area contributed by atoms with Crippen molar-refractivity contribution in [2.24, 2.45) is 0 Å². The van der Waals surface area contributed by atoms with Crippen LogP contribution in [0.4, 0.5) is 5.69 Å². The Labute approximate surface area is 113 Å². The molecule has 1 rings (SSSR count). The largest absolute Gasteiger partial charge is 0.491 e. The number of nitrogens with one attached hydrogen (secondary N) is 1. The van der Waals surface area contributed by atoms with Crippen LogP contribution in [0.25, 0.3) is 0 Å². The summed E-state index contributed by atoms with van der Waals surface area (Å²) in [6, 6.07) is 7.39. The zero-order valence-corrected chi connectivity index (χ0v) is 11.3. The van der Waals surface area contributed by atoms with Crippen molar-refractivity contribution in [3.63, 3.8) is 0 Å². The van der Waals surface area contributed by atoms with Gasteiger partial charge in [0.25, 0.3) is 0 Å². The summed E-state index contributed by atoms with van der Waals surface area (Å²) in [5, 5.41) is 21.0. The minimum Gasteiger partial charge on any atom is -0.491 e. The quantitative estimate of drug-likeness (QED) is 0.672. The van der Waals surface area contributed by atoms with Crippen LogP contribution in [-0.4, -0.2) is 34.9 Å². The Morgan fingerprint density at radius 1 is 1.47 bits per heavy atom. The van der Waals surface area contributed by atoms with Crippen molar-refractivity contribution in [2.45, 2.75) is 38.9 Å². The van der Waals surface area contributed by atoms with Gasteiger partial charge in [-0.25, -0.2) is 0 Å². The maximum absolute atomic E-state index is 10.4. The van der Waals surface area contributed by atoms with Gasteiger partial charge < -0.3 is 20.3 Å². The summed E-state index contributed by atoms with van der Waals surface area (Å²) in [6.45, 7) is 4.24. The van der Waals surface area contributed by atoms with E-state index >= 15 is 0 Å². The molecule has 0 heterocycles. The van der Waals surface area contributed by atoms with Crippen LogP contribution in [0.1, 0.15) is 26.7 Å². The summed E-state index contributed by atoms with van der Waals surface area (Å²) < 4.78 is 5.68. The lowest BCUT2D eigenvalue weighted by Gasteiger charge is -2.15. The molecule has 0 amide bonds. The minimum atomic E-state index is -1.01. The molecule has 0 aromatic heterocycles. The standard InChI is InChI=1S/C14H21NO4/c1-3-10(2)19-13-6-4-5-11(7-13)15-9-12(16)8-14(17)18/h4-7,10,12,15-16H,3,8-9H2,1-2H3,(H,17,18). The number of hydrogen-bond donors (Lipinski definition) is 3. The predicted octanol–water partition coefficient (Wildman–Crippen LogP) is 2.11. The van der Waals surface area contributed by atoms with Gasteiger partial charge in [0.2, 0.25) is 0 Å². The van der Waals surface area contributed by atoms with Crippen molar-refractivity contribution in [3.8, 4) is 5.75 Å². The zero-order chi connectivity index (χ0) is 14.3. The van der Waals surface area contributed by atoms with E-state index in [1.54, 1.807) is 0 Å². The van der Waals surface area contributed by atoms with Gasteiger partial charge in [-0.1, -0.05) is 13.0 Å². The lowest BCUT2D eigenvalue weighted by atomic mass is 10.2. The Morgan fingerprint density at radius 2 is 2.21 bits per heavy atom. The van der Waals surface area contributed by atoms with Crippen molar-refractivity contribution in [3.05, 3.63) is 24.3 Å². The molecule has 1 aromatic carbocycles. The molecular weight excluding hydrogens is 246 g/mol. The van der Waals surface area contributed by atoms with Crippen LogP contribution in [0.2, 0.25) is 0 Å². The second-order valence-corrected chi connectivity index (χ2v) is 4.50. The Hall–Kier alpha value is -1.75. The summed E-state index contributed by atoms with van der Waals surface area (Å²) in [6.07, 6.45) is -0.102. The summed E-state index contributed by atoms with van der Waals surface area (Å²) in [7, 11) is 0. The summed E-state index contributed by atoms with van der Waals surface area (Å²) in [4.78, 5) is 10.4. The van der Waals surface area contributed by atoms with Crippen LogP contribution >= 0.6 is 0 Å². The Morgan fingerprint density at radius 3 is 2.84 bits per heavy atom. The lowest BCUT2D eigenvalue weighted by molar-refractivity contribution is -0.138. The number of aliphatic carboxylic acids is 1. The zero-order valence-electron chi connectivity index (χ0n) is 11.3. The van der Waals surface area contributed by atoms with Crippen LogP contribution in [0.5, 0.6) is 5.75 Å². The third-order valence-electron chi connectivity index (χ3n) is 2.70. The molecule has 2 unspecified atom stereocenters. The van der Waals surface area contributed by atoms with Crippen LogP contribution in [-0.2, 0) is 4.79 Å². The van der Waals surface area contributed by atoms with E-state index in [1.807, 2.05) is 31.2 Å². The molecule has 0 fully saturated rings. The molecule has 0 aliphatic heterocycles. The van der Waals surface area contributed by atoms with Gasteiger partial charge in [0, 0.05) is 18.3 Å². The lowest BCUT2D eigenvalue weighted by Crippen LogP contribution is -2.22. The molecule has 0 spiro atoms. The SMILES string of the molecule is CCC(C)Oc1cccc(NCC(O)CC(=O)O)c1. The molecule has 0 radical (unpaired) electrons. The van der Waals surface area contributed by atoms with Crippen molar-refractivity contribution >= 4 is 11.7 Å². The number of carboxylic acid groups (broad SMARTS) is 1. The highest BCUT2D eigenvalue weighted by atomic mass is 16.5. The second-order valence-electron chi connectivity index (χ2n) is 4.50. The predicted molar refractivity (Wildman–Crippen MR) is 73.6 cm³/mol. The number of ether oxygens (including phenoxy) is 1. The van der Waals surface area contributed by atoms with Gasteiger partial charge in [-0.15, -0.1) is 0 Å². The highest BCUT2D eigenvalue weighted by Crippen LogP contribution is 2.19. The van der Waals surface area contributed by atoms with E-state index in [0.29, 0.717) is 0 Å². The first-order chi connectivity index (χ1) is 9.01. The van der Waals surface area contributed by atoms with Gasteiger partial charge in [-0.05, 0) is 25.5 Å². The van der Waals surface area contributed by atoms with E-state index in [2.05, 4.69) is 12.2 Å². The molecule has 0 saturated heterocycles. The average molecular weight is 267 g/mol. The molecule has 0 saturated carbocycles. The smallest absolute Gasteiger partial charge is 0.306 e. The van der Waals surface area contributed by atoms with Crippen LogP contribution < -0.4 is 10.1 Å². The maximum atomic E-state index is 10.4. The average Bonchev–Trinajstić information content (AvgIpc) is 2.36. The van der Waals surface area contributed by atoms with Gasteiger partial charge >= 0.3 is 5.97 Å². The number of rotatable bonds is 8. The van der Waals surface area contributed by atoms with Crippen molar-refractivity contribution < 1.29 is 19.7 Å². The van der Waals surface area contributed by atoms with Crippen molar-refractivity contribution in [1.29, 1.82) is 0 Å². The molecule has 3 N–H and O–H groups in total. The molecule has 0 aliphatic rings. The van der Waals surface area contributed by atoms with E-state index in [4.69, 9.17) is 9.84 Å². The monoisotopic (exact) mass is 267 g/mol. The van der Waals surface area contributed by atoms with E-state index < -0.39 is 12.1 Å². The fraction of sp³-hybridized carbons (Fsp3) is 0.500. The third kappa shape index (κ3) is 6.10. The molecule has 19 heavy (non-hydrogen) atoms. The maximum Gasteiger partial charge on any atom is 0.306 e. The number of aliphatic hydroxyl groups excluding tert-OH is 1. The van der Waals surface area contributed by atoms with Crippen LogP contribution in [0.3, 0.4) is 0 Å². The first kappa shape index (κ1) is 15.3. The number of benzene rings is 1. The van der Waals surface area contributed by atoms with Gasteiger partial charge in [-0.2, -0.15) is 0 Å². The molecule has 0 bridgehead atoms. The number of aliphatic hydroxyl groups is 1. The van der Waals surface area contributed by atoms with E-state index in [9.17, 15) is 9.90 Å². The van der Waals surface area contributed by atoms with Gasteiger partial charge in [0.05, 0.1) is 18.6 Å². The van der Waals surface area contributed by atoms with Crippen molar-refractivity contribution in [2.75, 3.05) is 11.9 Å². The molecule has 0 aliphatic carbocycles. The summed E-state index contributed by atoms with van der Waals surface area (Å²) in [5.74, 6) is -0.254. The van der Waals surface area contributed by atoms with Gasteiger partial charge in [0.1, 0.15) is 5.75 Å².